The van der Waals surface area contributed by atoms with Gasteiger partial charge in [0.15, 0.2) is 0 Å². The van der Waals surface area contributed by atoms with Gasteiger partial charge in [-0.3, -0.25) is 4.79 Å². The summed E-state index contributed by atoms with van der Waals surface area (Å²) < 4.78 is 5.95. The molecule has 2 rings (SSSR count). The molecule has 0 aromatic heterocycles. The summed E-state index contributed by atoms with van der Waals surface area (Å²) in [7, 11) is 1.52. The van der Waals surface area contributed by atoms with Crippen LogP contribution in [0.3, 0.4) is 0 Å². The van der Waals surface area contributed by atoms with Crippen LogP contribution in [-0.4, -0.2) is 19.2 Å². The Kier molecular flexibility index (Phi) is 4.90. The molecule has 0 aliphatic rings. The second kappa shape index (κ2) is 6.86. The van der Waals surface area contributed by atoms with Gasteiger partial charge in [0.1, 0.15) is 5.75 Å². The molecule has 0 saturated heterocycles. The molecule has 0 bridgehead atoms. The van der Waals surface area contributed by atoms with Gasteiger partial charge in [0.05, 0.1) is 18.9 Å². The average Bonchev–Trinajstić information content (AvgIpc) is 2.48. The van der Waals surface area contributed by atoms with Gasteiger partial charge in [0.25, 0.3) is 5.91 Å². The number of carbonyl (C=O) groups excluding carboxylic acids is 1. The Morgan fingerprint density at radius 1 is 1.25 bits per heavy atom. The van der Waals surface area contributed by atoms with Crippen LogP contribution in [0.5, 0.6) is 5.75 Å². The first-order valence-electron chi connectivity index (χ1n) is 5.92. The molecule has 0 spiro atoms. The van der Waals surface area contributed by atoms with Crippen molar-refractivity contribution >= 4 is 28.1 Å². The van der Waals surface area contributed by atoms with E-state index in [0.717, 1.165) is 10.0 Å². The Morgan fingerprint density at radius 2 is 2.00 bits per heavy atom. The SMILES string of the molecule is COc1ccc(Br)cc1C(=O)N/N=C\c1ccccc1. The molecule has 4 nitrogen and oxygen atoms in total. The lowest BCUT2D eigenvalue weighted by molar-refractivity contribution is 0.0952. The average molecular weight is 333 g/mol. The smallest absolute Gasteiger partial charge is 0.275 e. The van der Waals surface area contributed by atoms with Crippen molar-refractivity contribution in [3.8, 4) is 5.75 Å². The van der Waals surface area contributed by atoms with Crippen LogP contribution in [0.1, 0.15) is 15.9 Å². The molecule has 0 saturated carbocycles. The lowest BCUT2D eigenvalue weighted by Gasteiger charge is -2.07. The summed E-state index contributed by atoms with van der Waals surface area (Å²) in [6, 6.07) is 14.7. The predicted octanol–water partition coefficient (Wildman–Crippen LogP) is 3.22. The first kappa shape index (κ1) is 14.3. The number of hydrazone groups is 1. The summed E-state index contributed by atoms with van der Waals surface area (Å²) >= 11 is 3.32. The van der Waals surface area contributed by atoms with Crippen molar-refractivity contribution in [3.63, 3.8) is 0 Å². The number of carbonyl (C=O) groups is 1. The quantitative estimate of drug-likeness (QED) is 0.690. The summed E-state index contributed by atoms with van der Waals surface area (Å²) in [5.74, 6) is 0.177. The molecule has 102 valence electrons. The third-order valence-corrected chi connectivity index (χ3v) is 3.08. The first-order chi connectivity index (χ1) is 9.70. The summed E-state index contributed by atoms with van der Waals surface area (Å²) in [4.78, 5) is 12.0. The Labute approximate surface area is 125 Å². The molecule has 5 heteroatoms. The van der Waals surface area contributed by atoms with Crippen LogP contribution in [-0.2, 0) is 0 Å². The number of ether oxygens (including phenoxy) is 1. The van der Waals surface area contributed by atoms with E-state index in [4.69, 9.17) is 4.74 Å². The molecule has 0 unspecified atom stereocenters. The lowest BCUT2D eigenvalue weighted by atomic mass is 10.2. The zero-order valence-corrected chi connectivity index (χ0v) is 12.4. The van der Waals surface area contributed by atoms with E-state index >= 15 is 0 Å². The molecule has 0 radical (unpaired) electrons. The number of hydrogen-bond acceptors (Lipinski definition) is 3. The van der Waals surface area contributed by atoms with Gasteiger partial charge >= 0.3 is 0 Å². The molecule has 2 aromatic rings. The number of nitrogens with one attached hydrogen (secondary N) is 1. The van der Waals surface area contributed by atoms with Gasteiger partial charge in [0, 0.05) is 4.47 Å². The third-order valence-electron chi connectivity index (χ3n) is 2.59. The van der Waals surface area contributed by atoms with E-state index in [0.29, 0.717) is 11.3 Å². The van der Waals surface area contributed by atoms with Crippen LogP contribution >= 0.6 is 15.9 Å². The number of halogens is 1. The number of rotatable bonds is 4. The first-order valence-corrected chi connectivity index (χ1v) is 6.72. The van der Waals surface area contributed by atoms with Gasteiger partial charge in [-0.05, 0) is 23.8 Å². The minimum Gasteiger partial charge on any atom is -0.496 e. The molecule has 0 fully saturated rings. The number of nitrogens with zero attached hydrogens (tertiary/aromatic N) is 1. The minimum atomic E-state index is -0.324. The second-order valence-electron chi connectivity index (χ2n) is 3.95. The molecule has 2 aromatic carbocycles. The van der Waals surface area contributed by atoms with Crippen molar-refractivity contribution < 1.29 is 9.53 Å². The number of amides is 1. The van der Waals surface area contributed by atoms with E-state index < -0.39 is 0 Å². The molecule has 0 heterocycles. The van der Waals surface area contributed by atoms with E-state index in [1.54, 1.807) is 18.3 Å². The van der Waals surface area contributed by atoms with E-state index in [1.807, 2.05) is 36.4 Å². The number of methoxy groups -OCH3 is 1. The summed E-state index contributed by atoms with van der Waals surface area (Å²) in [5, 5.41) is 3.93. The lowest BCUT2D eigenvalue weighted by Crippen LogP contribution is -2.18. The fourth-order valence-electron chi connectivity index (χ4n) is 1.62. The fraction of sp³-hybridized carbons (Fsp3) is 0.0667. The monoisotopic (exact) mass is 332 g/mol. The topological polar surface area (TPSA) is 50.7 Å². The summed E-state index contributed by atoms with van der Waals surface area (Å²) in [6.07, 6.45) is 1.59. The maximum Gasteiger partial charge on any atom is 0.275 e. The number of hydrogen-bond donors (Lipinski definition) is 1. The van der Waals surface area contributed by atoms with Crippen LogP contribution < -0.4 is 10.2 Å². The Bertz CT molecular complexity index is 627. The van der Waals surface area contributed by atoms with Gasteiger partial charge < -0.3 is 4.74 Å². The molecule has 20 heavy (non-hydrogen) atoms. The van der Waals surface area contributed by atoms with Gasteiger partial charge in [-0.2, -0.15) is 5.10 Å². The van der Waals surface area contributed by atoms with Crippen molar-refractivity contribution in [1.82, 2.24) is 5.43 Å². The molecule has 0 aliphatic heterocycles. The van der Waals surface area contributed by atoms with Crippen molar-refractivity contribution in [2.24, 2.45) is 5.10 Å². The van der Waals surface area contributed by atoms with Crippen molar-refractivity contribution in [1.29, 1.82) is 0 Å². The number of benzene rings is 2. The zero-order chi connectivity index (χ0) is 14.4. The van der Waals surface area contributed by atoms with E-state index in [9.17, 15) is 4.79 Å². The van der Waals surface area contributed by atoms with Crippen molar-refractivity contribution in [2.45, 2.75) is 0 Å². The van der Waals surface area contributed by atoms with Gasteiger partial charge in [-0.1, -0.05) is 46.3 Å². The van der Waals surface area contributed by atoms with Crippen molar-refractivity contribution in [3.05, 3.63) is 64.1 Å². The largest absolute Gasteiger partial charge is 0.496 e. The zero-order valence-electron chi connectivity index (χ0n) is 10.8. The summed E-state index contributed by atoms with van der Waals surface area (Å²) in [6.45, 7) is 0. The second-order valence-corrected chi connectivity index (χ2v) is 4.87. The fourth-order valence-corrected chi connectivity index (χ4v) is 1.98. The Morgan fingerprint density at radius 3 is 2.70 bits per heavy atom. The highest BCUT2D eigenvalue weighted by Gasteiger charge is 2.11. The van der Waals surface area contributed by atoms with Crippen LogP contribution in [0.25, 0.3) is 0 Å². The van der Waals surface area contributed by atoms with E-state index in [2.05, 4.69) is 26.5 Å². The molecular formula is C15H13BrN2O2. The molecule has 0 aliphatic carbocycles. The highest BCUT2D eigenvalue weighted by molar-refractivity contribution is 9.10. The Balaban J connectivity index is 2.09. The van der Waals surface area contributed by atoms with Crippen LogP contribution in [0, 0.1) is 0 Å². The van der Waals surface area contributed by atoms with E-state index in [1.165, 1.54) is 7.11 Å². The maximum absolute atomic E-state index is 12.0. The van der Waals surface area contributed by atoms with Crippen LogP contribution in [0.15, 0.2) is 58.1 Å². The standard InChI is InChI=1S/C15H13BrN2O2/c1-20-14-8-7-12(16)9-13(14)15(19)18-17-10-11-5-3-2-4-6-11/h2-10H,1H3,(H,18,19)/b17-10-. The third kappa shape index (κ3) is 3.68. The molecule has 1 amide bonds. The summed E-state index contributed by atoms with van der Waals surface area (Å²) in [5.41, 5.74) is 3.81. The van der Waals surface area contributed by atoms with Crippen LogP contribution in [0.4, 0.5) is 0 Å². The van der Waals surface area contributed by atoms with Crippen molar-refractivity contribution in [2.75, 3.05) is 7.11 Å². The Hall–Kier alpha value is -2.14. The van der Waals surface area contributed by atoms with Gasteiger partial charge in [-0.25, -0.2) is 5.43 Å². The van der Waals surface area contributed by atoms with Gasteiger partial charge in [0.2, 0.25) is 0 Å². The van der Waals surface area contributed by atoms with Gasteiger partial charge in [-0.15, -0.1) is 0 Å². The molecular weight excluding hydrogens is 320 g/mol. The van der Waals surface area contributed by atoms with E-state index in [-0.39, 0.29) is 5.91 Å². The highest BCUT2D eigenvalue weighted by Crippen LogP contribution is 2.22. The molecule has 0 atom stereocenters. The van der Waals surface area contributed by atoms with Crippen LogP contribution in [0.2, 0.25) is 0 Å². The highest BCUT2D eigenvalue weighted by atomic mass is 79.9. The minimum absolute atomic E-state index is 0.324. The molecule has 1 N–H and O–H groups in total. The maximum atomic E-state index is 12.0. The predicted molar refractivity (Wildman–Crippen MR) is 82.2 cm³/mol. The normalized spacial score (nSPS) is 10.5.